The third-order valence-corrected chi connectivity index (χ3v) is 6.32. The summed E-state index contributed by atoms with van der Waals surface area (Å²) in [7, 11) is 3.54. The average molecular weight is 397 g/mol. The highest BCUT2D eigenvalue weighted by Crippen LogP contribution is 2.19. The summed E-state index contributed by atoms with van der Waals surface area (Å²) in [5, 5.41) is 0.809. The number of hydrogen-bond donors (Lipinski definition) is 1. The number of hydrogen-bond acceptors (Lipinski definition) is 4. The Bertz CT molecular complexity index is 806. The molecule has 2 aromatic heterocycles. The van der Waals surface area contributed by atoms with Crippen molar-refractivity contribution in [3.8, 4) is 0 Å². The van der Waals surface area contributed by atoms with Crippen molar-refractivity contribution in [3.63, 3.8) is 0 Å². The van der Waals surface area contributed by atoms with E-state index in [1.165, 1.54) is 68.8 Å². The fourth-order valence-electron chi connectivity index (χ4n) is 3.13. The molecule has 7 heteroatoms. The lowest BCUT2D eigenvalue weighted by atomic mass is 10.1. The van der Waals surface area contributed by atoms with Gasteiger partial charge in [-0.2, -0.15) is 0 Å². The summed E-state index contributed by atoms with van der Waals surface area (Å²) in [5.74, 6) is 1.03. The molecule has 0 amide bonds. The number of fused-ring (bicyclic) bond motifs is 1. The Morgan fingerprint density at radius 2 is 1.54 bits per heavy atom. The smallest absolute Gasteiger partial charge is 0.280 e. The Morgan fingerprint density at radius 3 is 2.15 bits per heavy atom. The molecule has 0 radical (unpaired) electrons. The van der Waals surface area contributed by atoms with E-state index in [0.717, 1.165) is 10.9 Å². The van der Waals surface area contributed by atoms with E-state index >= 15 is 0 Å². The number of thioether (sulfide) groups is 1. The van der Waals surface area contributed by atoms with E-state index < -0.39 is 0 Å². The third-order valence-electron chi connectivity index (χ3n) is 4.81. The van der Waals surface area contributed by atoms with Gasteiger partial charge in [0.15, 0.2) is 21.1 Å². The second kappa shape index (κ2) is 10.9. The summed E-state index contributed by atoms with van der Waals surface area (Å²) >= 11 is 6.96. The number of aromatic nitrogens is 4. The molecule has 0 fully saturated rings. The molecule has 0 spiro atoms. The van der Waals surface area contributed by atoms with E-state index in [0.29, 0.717) is 15.9 Å². The number of nitrogens with zero attached hydrogens (tertiary/aromatic N) is 3. The summed E-state index contributed by atoms with van der Waals surface area (Å²) in [5.41, 5.74) is 1.07. The molecular weight excluding hydrogens is 364 g/mol. The van der Waals surface area contributed by atoms with Crippen LogP contribution in [0, 0.1) is 4.77 Å². The van der Waals surface area contributed by atoms with Crippen molar-refractivity contribution in [2.45, 2.75) is 76.3 Å². The second-order valence-electron chi connectivity index (χ2n) is 6.98. The molecule has 146 valence electrons. The van der Waals surface area contributed by atoms with Gasteiger partial charge < -0.3 is 9.55 Å². The van der Waals surface area contributed by atoms with Crippen LogP contribution in [-0.2, 0) is 14.1 Å². The zero-order valence-corrected chi connectivity index (χ0v) is 18.0. The van der Waals surface area contributed by atoms with E-state index in [-0.39, 0.29) is 5.56 Å². The highest BCUT2D eigenvalue weighted by atomic mass is 32.2. The fourth-order valence-corrected chi connectivity index (χ4v) is 4.17. The SMILES string of the molecule is CCCCCCCCCCCCSc1nc2c([nH]1)c(=O)n(C)c(=S)n2C. The van der Waals surface area contributed by atoms with Crippen LogP contribution >= 0.6 is 24.0 Å². The Morgan fingerprint density at radius 1 is 0.962 bits per heavy atom. The number of nitrogens with one attached hydrogen (secondary N) is 1. The van der Waals surface area contributed by atoms with E-state index in [9.17, 15) is 4.79 Å². The Hall–Kier alpha value is -1.08. The van der Waals surface area contributed by atoms with Gasteiger partial charge in [0.1, 0.15) is 0 Å². The predicted octanol–water partition coefficient (Wildman–Crippen LogP) is 5.34. The quantitative estimate of drug-likeness (QED) is 0.299. The predicted molar refractivity (Wildman–Crippen MR) is 114 cm³/mol. The number of aryl methyl sites for hydroxylation is 1. The molecule has 26 heavy (non-hydrogen) atoms. The lowest BCUT2D eigenvalue weighted by molar-refractivity contribution is 0.563. The Balaban J connectivity index is 1.69. The summed E-state index contributed by atoms with van der Waals surface area (Å²) in [6.07, 6.45) is 13.4. The van der Waals surface area contributed by atoms with Crippen LogP contribution in [0.1, 0.15) is 71.1 Å². The summed E-state index contributed by atoms with van der Waals surface area (Å²) < 4.78 is 3.75. The Labute approximate surface area is 165 Å². The minimum atomic E-state index is -0.110. The van der Waals surface area contributed by atoms with Crippen LogP contribution in [0.5, 0.6) is 0 Å². The molecule has 0 saturated heterocycles. The largest absolute Gasteiger partial charge is 0.327 e. The molecule has 0 unspecified atom stereocenters. The van der Waals surface area contributed by atoms with Gasteiger partial charge in [-0.25, -0.2) is 4.98 Å². The van der Waals surface area contributed by atoms with Gasteiger partial charge in [0.2, 0.25) is 0 Å². The first-order valence-corrected chi connectivity index (χ1v) is 11.2. The van der Waals surface area contributed by atoms with Crippen molar-refractivity contribution >= 4 is 35.1 Å². The zero-order valence-electron chi connectivity index (χ0n) is 16.3. The topological polar surface area (TPSA) is 55.6 Å². The van der Waals surface area contributed by atoms with Gasteiger partial charge in [0.05, 0.1) is 0 Å². The number of H-pyrrole nitrogens is 1. The van der Waals surface area contributed by atoms with E-state index in [1.54, 1.807) is 23.4 Å². The number of aromatic amines is 1. The number of imidazole rings is 1. The first-order chi connectivity index (χ1) is 12.6. The van der Waals surface area contributed by atoms with E-state index in [2.05, 4.69) is 16.9 Å². The van der Waals surface area contributed by atoms with Crippen molar-refractivity contribution in [3.05, 3.63) is 15.1 Å². The third kappa shape index (κ3) is 5.71. The molecule has 0 aromatic carbocycles. The second-order valence-corrected chi connectivity index (χ2v) is 8.43. The van der Waals surface area contributed by atoms with Gasteiger partial charge in [-0.1, -0.05) is 76.5 Å². The van der Waals surface area contributed by atoms with Crippen molar-refractivity contribution < 1.29 is 0 Å². The molecule has 2 aromatic rings. The first-order valence-electron chi connectivity index (χ1n) is 9.84. The van der Waals surface area contributed by atoms with Crippen molar-refractivity contribution in [2.75, 3.05) is 5.75 Å². The highest BCUT2D eigenvalue weighted by Gasteiger charge is 2.11. The van der Waals surface area contributed by atoms with Crippen LogP contribution in [0.4, 0.5) is 0 Å². The molecule has 0 atom stereocenters. The van der Waals surface area contributed by atoms with Gasteiger partial charge in [0, 0.05) is 19.8 Å². The molecular formula is C19H32N4OS2. The standard InChI is InChI=1S/C19H32N4OS2/c1-4-5-6-7-8-9-10-11-12-13-14-26-18-20-15-16(21-18)22(2)19(25)23(3)17(15)24/h4-14H2,1-3H3,(H,20,21). The fraction of sp³-hybridized carbons (Fsp3) is 0.737. The maximum absolute atomic E-state index is 12.3. The lowest BCUT2D eigenvalue weighted by Crippen LogP contribution is -2.21. The number of rotatable bonds is 12. The molecule has 1 N–H and O–H groups in total. The maximum Gasteiger partial charge on any atom is 0.280 e. The van der Waals surface area contributed by atoms with Crippen molar-refractivity contribution in [1.29, 1.82) is 0 Å². The van der Waals surface area contributed by atoms with Gasteiger partial charge in [-0.05, 0) is 18.6 Å². The van der Waals surface area contributed by atoms with Crippen molar-refractivity contribution in [2.24, 2.45) is 14.1 Å². The lowest BCUT2D eigenvalue weighted by Gasteiger charge is -2.03. The van der Waals surface area contributed by atoms with Crippen LogP contribution in [0.25, 0.3) is 11.2 Å². The van der Waals surface area contributed by atoms with Crippen LogP contribution in [-0.4, -0.2) is 24.9 Å². The average Bonchev–Trinajstić information content (AvgIpc) is 3.07. The maximum atomic E-state index is 12.3. The minimum Gasteiger partial charge on any atom is -0.327 e. The van der Waals surface area contributed by atoms with Gasteiger partial charge in [-0.3, -0.25) is 9.36 Å². The minimum absolute atomic E-state index is 0.110. The molecule has 0 aliphatic carbocycles. The molecule has 2 heterocycles. The van der Waals surface area contributed by atoms with E-state index in [4.69, 9.17) is 12.2 Å². The van der Waals surface area contributed by atoms with Gasteiger partial charge in [-0.15, -0.1) is 0 Å². The summed E-state index contributed by atoms with van der Waals surface area (Å²) in [6.45, 7) is 2.26. The van der Waals surface area contributed by atoms with Crippen LogP contribution in [0.3, 0.4) is 0 Å². The molecule has 0 aliphatic rings. The first kappa shape index (κ1) is 21.2. The van der Waals surface area contributed by atoms with E-state index in [1.807, 2.05) is 7.05 Å². The van der Waals surface area contributed by atoms with Crippen LogP contribution in [0.2, 0.25) is 0 Å². The molecule has 0 aliphatic heterocycles. The molecule has 0 bridgehead atoms. The Kier molecular flexibility index (Phi) is 8.91. The summed E-state index contributed by atoms with van der Waals surface area (Å²) in [4.78, 5) is 20.0. The molecule has 2 rings (SSSR count). The summed E-state index contributed by atoms with van der Waals surface area (Å²) in [6, 6.07) is 0. The zero-order chi connectivity index (χ0) is 18.9. The van der Waals surface area contributed by atoms with Crippen molar-refractivity contribution in [1.82, 2.24) is 19.1 Å². The van der Waals surface area contributed by atoms with Crippen LogP contribution < -0.4 is 5.56 Å². The van der Waals surface area contributed by atoms with Gasteiger partial charge in [0.25, 0.3) is 5.56 Å². The highest BCUT2D eigenvalue weighted by molar-refractivity contribution is 7.99. The monoisotopic (exact) mass is 396 g/mol. The molecule has 5 nitrogen and oxygen atoms in total. The van der Waals surface area contributed by atoms with Gasteiger partial charge >= 0.3 is 0 Å². The normalized spacial score (nSPS) is 11.5. The molecule has 0 saturated carbocycles. The number of unbranched alkanes of at least 4 members (excludes halogenated alkanes) is 9. The van der Waals surface area contributed by atoms with Crippen LogP contribution in [0.15, 0.2) is 9.95 Å².